The van der Waals surface area contributed by atoms with Crippen molar-refractivity contribution in [3.63, 3.8) is 0 Å². The summed E-state index contributed by atoms with van der Waals surface area (Å²) in [5, 5.41) is 0.201. The van der Waals surface area contributed by atoms with E-state index in [0.717, 1.165) is 44.8 Å². The third-order valence-corrected chi connectivity index (χ3v) is 12.8. The van der Waals surface area contributed by atoms with E-state index in [1.54, 1.807) is 6.07 Å². The Hall–Kier alpha value is -0.803. The van der Waals surface area contributed by atoms with Crippen molar-refractivity contribution in [2.45, 2.75) is 76.4 Å². The minimum Gasteiger partial charge on any atom is -0.562 e. The number of nitrogens with zero attached hydrogens (tertiary/aromatic N) is 4. The summed E-state index contributed by atoms with van der Waals surface area (Å²) < 4.78 is 34.8. The highest BCUT2D eigenvalue weighted by molar-refractivity contribution is 6.74. The minimum absolute atomic E-state index is 0.0576. The summed E-state index contributed by atoms with van der Waals surface area (Å²) in [5.74, 6) is 0. The zero-order chi connectivity index (χ0) is 23.4. The highest BCUT2D eigenvalue weighted by Gasteiger charge is 2.47. The van der Waals surface area contributed by atoms with E-state index in [1.807, 2.05) is 0 Å². The predicted octanol–water partition coefficient (Wildman–Crippen LogP) is 4.81. The Labute approximate surface area is 197 Å². The summed E-state index contributed by atoms with van der Waals surface area (Å²) >= 11 is 6.21. The molecule has 0 aromatic carbocycles. The van der Waals surface area contributed by atoms with Crippen LogP contribution in [0.2, 0.25) is 23.3 Å². The van der Waals surface area contributed by atoms with Gasteiger partial charge in [0.1, 0.15) is 10.8 Å². The maximum Gasteiger partial charge on any atom is 0.280 e. The average Bonchev–Trinajstić information content (AvgIpc) is 2.77. The third-order valence-electron chi connectivity index (χ3n) is 8.06. The van der Waals surface area contributed by atoms with Crippen molar-refractivity contribution in [1.29, 1.82) is 0 Å². The molecule has 3 aliphatic heterocycles. The van der Waals surface area contributed by atoms with Gasteiger partial charge >= 0.3 is 0 Å². The Balaban J connectivity index is 1.68. The fraction of sp³-hybridized carbons (Fsp3) is 0.783. The van der Waals surface area contributed by atoms with Crippen molar-refractivity contribution in [2.75, 3.05) is 44.7 Å². The second-order valence-electron chi connectivity index (χ2n) is 11.2. The Morgan fingerprint density at radius 2 is 1.81 bits per heavy atom. The molecule has 3 aliphatic rings. The zero-order valence-electron chi connectivity index (χ0n) is 20.2. The largest absolute Gasteiger partial charge is 0.562 e. The van der Waals surface area contributed by atoms with E-state index in [1.165, 1.54) is 0 Å². The van der Waals surface area contributed by atoms with Crippen molar-refractivity contribution in [3.8, 4) is 0 Å². The highest BCUT2D eigenvalue weighted by Crippen LogP contribution is 2.45. The fourth-order valence-corrected chi connectivity index (χ4v) is 6.62. The number of piperazine rings is 1. The van der Waals surface area contributed by atoms with E-state index >= 15 is 0 Å². The summed E-state index contributed by atoms with van der Waals surface area (Å²) in [7, 11) is 0.101. The zero-order valence-corrected chi connectivity index (χ0v) is 21.9. The molecule has 4 heterocycles. The molecule has 1 unspecified atom stereocenters. The number of hydrogen-bond donors (Lipinski definition) is 0. The lowest BCUT2D eigenvalue weighted by Gasteiger charge is -2.56. The summed E-state index contributed by atoms with van der Waals surface area (Å²) in [5.41, 5.74) is 1.27. The van der Waals surface area contributed by atoms with E-state index in [-0.39, 0.29) is 28.0 Å². The van der Waals surface area contributed by atoms with Crippen LogP contribution in [-0.2, 0) is 10.8 Å². The topological polar surface area (TPSA) is 31.8 Å². The Kier molecular flexibility index (Phi) is 6.66. The average molecular weight is 487 g/mol. The second-order valence-corrected chi connectivity index (χ2v) is 16.3. The molecule has 0 amide bonds. The van der Waals surface area contributed by atoms with Crippen LogP contribution < -0.4 is 4.90 Å². The number of rotatable bonds is 4. The molecule has 3 atom stereocenters. The van der Waals surface area contributed by atoms with Crippen LogP contribution in [0, 0.1) is 0 Å². The number of anilines is 1. The smallest absolute Gasteiger partial charge is 0.280 e. The molecule has 1 aromatic rings. The molecule has 181 valence electrons. The first-order valence-electron chi connectivity index (χ1n) is 11.7. The lowest BCUT2D eigenvalue weighted by Crippen LogP contribution is -2.69. The first kappa shape index (κ1) is 24.3. The molecule has 1 aromatic heterocycles. The normalized spacial score (nSPS) is 27.7. The van der Waals surface area contributed by atoms with Gasteiger partial charge in [-0.05, 0) is 34.3 Å². The minimum atomic E-state index is -2.65. The summed E-state index contributed by atoms with van der Waals surface area (Å²) in [6.07, 6.45) is -1.44. The number of hydrogen-bond acceptors (Lipinski definition) is 5. The van der Waals surface area contributed by atoms with E-state index in [2.05, 4.69) is 60.6 Å². The van der Waals surface area contributed by atoms with E-state index in [4.69, 9.17) is 16.0 Å². The van der Waals surface area contributed by atoms with Crippen LogP contribution in [0.3, 0.4) is 0 Å². The number of fused-ring (bicyclic) bond motifs is 3. The fourth-order valence-electron chi connectivity index (χ4n) is 5.06. The summed E-state index contributed by atoms with van der Waals surface area (Å²) in [6, 6.07) is 2.45. The van der Waals surface area contributed by atoms with Gasteiger partial charge in [-0.2, -0.15) is 0 Å². The molecule has 0 bridgehead atoms. The van der Waals surface area contributed by atoms with Gasteiger partial charge in [0, 0.05) is 62.2 Å². The maximum absolute atomic E-state index is 14.0. The lowest BCUT2D eigenvalue weighted by atomic mass is 9.89. The molecule has 0 saturated carbocycles. The van der Waals surface area contributed by atoms with Crippen LogP contribution in [0.15, 0.2) is 6.07 Å². The number of halogens is 3. The molecule has 0 N–H and O–H groups in total. The van der Waals surface area contributed by atoms with Gasteiger partial charge in [-0.3, -0.25) is 4.90 Å². The summed E-state index contributed by atoms with van der Waals surface area (Å²) in [6.45, 7) is 16.2. The van der Waals surface area contributed by atoms with Gasteiger partial charge in [0.05, 0.1) is 0 Å². The Morgan fingerprint density at radius 1 is 1.16 bits per heavy atom. The van der Waals surface area contributed by atoms with Gasteiger partial charge < -0.3 is 14.2 Å². The monoisotopic (exact) mass is 486 g/mol. The molecular formula is C23H37ClF2N4OSi-. The SMILES string of the molecule is CN1CCN([C@@H]2CN3c4cc(Cl)nc(C(F)F)c4CC(O[Si-](C)(C)C(C)(C)C)C[C@@H]23)CC1. The molecule has 32 heavy (non-hydrogen) atoms. The van der Waals surface area contributed by atoms with Gasteiger partial charge in [0.15, 0.2) is 0 Å². The number of pyridine rings is 1. The standard InChI is InChI=1S/C23H37ClF2N4OSi/c1-23(2,3)32(5,6)31-15-11-16-17(13-20(24)27-21(16)22(25)26)30-14-19(18(30)12-15)29-9-7-28(4)8-10-29/h13,15,18-19,22H,7-12,14H2,1-6H3/q-1/t15?,18-,19+/m0/s1. The molecule has 0 radical (unpaired) electrons. The van der Waals surface area contributed by atoms with Crippen LogP contribution in [0.1, 0.15) is 44.9 Å². The second kappa shape index (κ2) is 8.76. The Morgan fingerprint density at radius 3 is 2.41 bits per heavy atom. The number of alkyl halides is 2. The molecular weight excluding hydrogens is 450 g/mol. The van der Waals surface area contributed by atoms with Gasteiger partial charge in [0.25, 0.3) is 6.43 Å². The molecule has 2 fully saturated rings. The van der Waals surface area contributed by atoms with Crippen LogP contribution in [0.4, 0.5) is 14.5 Å². The van der Waals surface area contributed by atoms with Crippen molar-refractivity contribution >= 4 is 25.6 Å². The highest BCUT2D eigenvalue weighted by atomic mass is 35.5. The van der Waals surface area contributed by atoms with Gasteiger partial charge in [-0.25, -0.2) is 13.8 Å². The van der Waals surface area contributed by atoms with E-state index < -0.39 is 14.7 Å². The van der Waals surface area contributed by atoms with Crippen LogP contribution >= 0.6 is 11.6 Å². The number of likely N-dealkylation sites (N-methyl/N-ethyl adjacent to an activating group) is 1. The van der Waals surface area contributed by atoms with Crippen molar-refractivity contribution in [2.24, 2.45) is 0 Å². The molecule has 4 rings (SSSR count). The quantitative estimate of drug-likeness (QED) is 0.450. The van der Waals surface area contributed by atoms with E-state index in [9.17, 15) is 8.78 Å². The molecule has 9 heteroatoms. The van der Waals surface area contributed by atoms with Crippen LogP contribution in [0.25, 0.3) is 0 Å². The number of aromatic nitrogens is 1. The van der Waals surface area contributed by atoms with Gasteiger partial charge in [0.2, 0.25) is 0 Å². The van der Waals surface area contributed by atoms with Crippen molar-refractivity contribution < 1.29 is 13.2 Å². The molecule has 2 saturated heterocycles. The molecule has 5 nitrogen and oxygen atoms in total. The van der Waals surface area contributed by atoms with Gasteiger partial charge in [-0.15, -0.1) is 18.1 Å². The van der Waals surface area contributed by atoms with E-state index in [0.29, 0.717) is 18.0 Å². The van der Waals surface area contributed by atoms with Gasteiger partial charge in [-0.1, -0.05) is 32.4 Å². The summed E-state index contributed by atoms with van der Waals surface area (Å²) in [4.78, 5) is 11.3. The Bertz CT molecular complexity index is 842. The van der Waals surface area contributed by atoms with Crippen molar-refractivity contribution in [3.05, 3.63) is 22.5 Å². The van der Waals surface area contributed by atoms with Crippen LogP contribution in [-0.4, -0.2) is 81.1 Å². The molecule has 0 aliphatic carbocycles. The maximum atomic E-state index is 14.0. The third kappa shape index (κ3) is 4.58. The lowest BCUT2D eigenvalue weighted by molar-refractivity contribution is 0.0536. The predicted molar refractivity (Wildman–Crippen MR) is 129 cm³/mol. The van der Waals surface area contributed by atoms with Crippen molar-refractivity contribution in [1.82, 2.24) is 14.8 Å². The first-order valence-corrected chi connectivity index (χ1v) is 15.0. The first-order chi connectivity index (χ1) is 14.9. The molecule has 0 spiro atoms. The van der Waals surface area contributed by atoms with Crippen LogP contribution in [0.5, 0.6) is 0 Å².